The molecule has 0 saturated carbocycles. The molecule has 1 aliphatic rings. The van der Waals surface area contributed by atoms with Crippen molar-refractivity contribution in [2.24, 2.45) is 5.92 Å². The van der Waals surface area contributed by atoms with Crippen LogP contribution in [0.5, 0.6) is 0 Å². The fraction of sp³-hybridized carbons (Fsp3) is 0.571. The molecule has 2 rings (SSSR count). The third-order valence-corrected chi connectivity index (χ3v) is 4.13. The van der Waals surface area contributed by atoms with Gasteiger partial charge in [0.1, 0.15) is 0 Å². The minimum absolute atomic E-state index is 0.239. The second kappa shape index (κ2) is 6.53. The van der Waals surface area contributed by atoms with Crippen molar-refractivity contribution in [2.75, 3.05) is 13.2 Å². The number of halogens is 1. The Bertz CT molecular complexity index is 348. The van der Waals surface area contributed by atoms with Crippen LogP contribution in [0.3, 0.4) is 0 Å². The highest BCUT2D eigenvalue weighted by Gasteiger charge is 2.18. The van der Waals surface area contributed by atoms with Crippen LogP contribution >= 0.6 is 15.9 Å². The van der Waals surface area contributed by atoms with Crippen LogP contribution < -0.4 is 0 Å². The second-order valence-corrected chi connectivity index (χ2v) is 5.60. The number of ether oxygens (including phenoxy) is 1. The summed E-state index contributed by atoms with van der Waals surface area (Å²) in [7, 11) is 0. The van der Waals surface area contributed by atoms with Crippen molar-refractivity contribution in [1.82, 2.24) is 0 Å². The molecule has 1 N–H and O–H groups in total. The zero-order chi connectivity index (χ0) is 12.1. The summed E-state index contributed by atoms with van der Waals surface area (Å²) in [6.45, 7) is 1.71. The van der Waals surface area contributed by atoms with E-state index < -0.39 is 0 Å². The second-order valence-electron chi connectivity index (χ2n) is 4.74. The van der Waals surface area contributed by atoms with Crippen molar-refractivity contribution in [1.29, 1.82) is 0 Å². The van der Waals surface area contributed by atoms with Crippen LogP contribution in [0.1, 0.15) is 24.8 Å². The Morgan fingerprint density at radius 1 is 1.29 bits per heavy atom. The van der Waals surface area contributed by atoms with Crippen molar-refractivity contribution >= 4 is 15.9 Å². The number of aliphatic hydroxyl groups excluding tert-OH is 1. The molecule has 1 heterocycles. The highest BCUT2D eigenvalue weighted by atomic mass is 79.9. The van der Waals surface area contributed by atoms with Gasteiger partial charge in [0.05, 0.1) is 6.10 Å². The first-order valence-corrected chi connectivity index (χ1v) is 7.04. The van der Waals surface area contributed by atoms with Gasteiger partial charge in [-0.25, -0.2) is 0 Å². The average Bonchev–Trinajstić information content (AvgIpc) is 2.33. The Morgan fingerprint density at radius 2 is 2.00 bits per heavy atom. The van der Waals surface area contributed by atoms with E-state index in [1.807, 2.05) is 18.2 Å². The van der Waals surface area contributed by atoms with Crippen LogP contribution in [0, 0.1) is 5.92 Å². The van der Waals surface area contributed by atoms with Gasteiger partial charge in [0, 0.05) is 17.7 Å². The maximum absolute atomic E-state index is 10.1. The van der Waals surface area contributed by atoms with Gasteiger partial charge >= 0.3 is 0 Å². The molecule has 17 heavy (non-hydrogen) atoms. The van der Waals surface area contributed by atoms with Crippen LogP contribution in [-0.4, -0.2) is 24.4 Å². The van der Waals surface area contributed by atoms with Gasteiger partial charge in [-0.15, -0.1) is 0 Å². The largest absolute Gasteiger partial charge is 0.393 e. The topological polar surface area (TPSA) is 29.5 Å². The fourth-order valence-electron chi connectivity index (χ4n) is 2.37. The van der Waals surface area contributed by atoms with Gasteiger partial charge in [-0.2, -0.15) is 0 Å². The first-order valence-electron chi connectivity index (χ1n) is 6.25. The molecular weight excluding hydrogens is 280 g/mol. The summed E-state index contributed by atoms with van der Waals surface area (Å²) in [5, 5.41) is 10.1. The van der Waals surface area contributed by atoms with Gasteiger partial charge in [0.15, 0.2) is 0 Å². The van der Waals surface area contributed by atoms with E-state index in [1.54, 1.807) is 0 Å². The van der Waals surface area contributed by atoms with E-state index in [9.17, 15) is 5.11 Å². The number of benzene rings is 1. The van der Waals surface area contributed by atoms with Crippen molar-refractivity contribution in [3.63, 3.8) is 0 Å². The Hall–Kier alpha value is -0.380. The molecule has 2 nitrogen and oxygen atoms in total. The van der Waals surface area contributed by atoms with Gasteiger partial charge in [-0.1, -0.05) is 34.1 Å². The number of hydrogen-bond donors (Lipinski definition) is 1. The zero-order valence-electron chi connectivity index (χ0n) is 9.94. The van der Waals surface area contributed by atoms with Gasteiger partial charge in [0.2, 0.25) is 0 Å². The summed E-state index contributed by atoms with van der Waals surface area (Å²) in [6.07, 6.45) is 3.57. The lowest BCUT2D eigenvalue weighted by Gasteiger charge is -2.24. The van der Waals surface area contributed by atoms with E-state index in [1.165, 1.54) is 5.56 Å². The predicted molar refractivity (Wildman–Crippen MR) is 72.0 cm³/mol. The standard InChI is InChI=1S/C14H19BrO2/c15-14-4-2-1-3-12(14)10-13(16)9-11-5-7-17-8-6-11/h1-4,11,13,16H,5-10H2. The number of hydrogen-bond acceptors (Lipinski definition) is 2. The molecule has 0 bridgehead atoms. The Labute approximate surface area is 111 Å². The molecule has 1 fully saturated rings. The lowest BCUT2D eigenvalue weighted by atomic mass is 9.91. The normalized spacial score (nSPS) is 19.2. The lowest BCUT2D eigenvalue weighted by Crippen LogP contribution is -2.22. The molecular formula is C14H19BrO2. The maximum Gasteiger partial charge on any atom is 0.0583 e. The number of rotatable bonds is 4. The van der Waals surface area contributed by atoms with E-state index in [4.69, 9.17) is 4.74 Å². The Balaban J connectivity index is 1.84. The molecule has 1 unspecified atom stereocenters. The van der Waals surface area contributed by atoms with Gasteiger partial charge < -0.3 is 9.84 Å². The average molecular weight is 299 g/mol. The van der Waals surface area contributed by atoms with Crippen LogP contribution in [0.2, 0.25) is 0 Å². The first kappa shape index (κ1) is 13.1. The maximum atomic E-state index is 10.1. The quantitative estimate of drug-likeness (QED) is 0.925. The van der Waals surface area contributed by atoms with Crippen molar-refractivity contribution in [2.45, 2.75) is 31.8 Å². The Kier molecular flexibility index (Phi) is 5.01. The summed E-state index contributed by atoms with van der Waals surface area (Å²) in [4.78, 5) is 0. The zero-order valence-corrected chi connectivity index (χ0v) is 11.5. The van der Waals surface area contributed by atoms with Gasteiger partial charge in [-0.05, 0) is 43.2 Å². The number of aliphatic hydroxyl groups is 1. The summed E-state index contributed by atoms with van der Waals surface area (Å²) < 4.78 is 6.42. The van der Waals surface area contributed by atoms with E-state index in [-0.39, 0.29) is 6.10 Å². The molecule has 94 valence electrons. The van der Waals surface area contributed by atoms with E-state index in [0.29, 0.717) is 5.92 Å². The van der Waals surface area contributed by atoms with E-state index in [0.717, 1.165) is 43.4 Å². The van der Waals surface area contributed by atoms with Crippen LogP contribution in [0.4, 0.5) is 0 Å². The highest BCUT2D eigenvalue weighted by molar-refractivity contribution is 9.10. The minimum Gasteiger partial charge on any atom is -0.393 e. The van der Waals surface area contributed by atoms with Gasteiger partial charge in [-0.3, -0.25) is 0 Å². The van der Waals surface area contributed by atoms with Crippen molar-refractivity contribution in [3.8, 4) is 0 Å². The summed E-state index contributed by atoms with van der Waals surface area (Å²) >= 11 is 3.52. The summed E-state index contributed by atoms with van der Waals surface area (Å²) in [6, 6.07) is 8.10. The smallest absolute Gasteiger partial charge is 0.0583 e. The molecule has 1 aromatic rings. The summed E-state index contributed by atoms with van der Waals surface area (Å²) in [5.74, 6) is 0.626. The van der Waals surface area contributed by atoms with Crippen LogP contribution in [0.15, 0.2) is 28.7 Å². The highest BCUT2D eigenvalue weighted by Crippen LogP contribution is 2.23. The SMILES string of the molecule is OC(Cc1ccccc1Br)CC1CCOCC1. The molecule has 1 aliphatic heterocycles. The fourth-order valence-corrected chi connectivity index (χ4v) is 2.81. The summed E-state index contributed by atoms with van der Waals surface area (Å²) in [5.41, 5.74) is 1.19. The van der Waals surface area contributed by atoms with Crippen molar-refractivity contribution in [3.05, 3.63) is 34.3 Å². The predicted octanol–water partition coefficient (Wildman–Crippen LogP) is 3.17. The molecule has 1 saturated heterocycles. The molecule has 0 aromatic heterocycles. The van der Waals surface area contributed by atoms with Gasteiger partial charge in [0.25, 0.3) is 0 Å². The van der Waals surface area contributed by atoms with Crippen molar-refractivity contribution < 1.29 is 9.84 Å². The van der Waals surface area contributed by atoms with E-state index in [2.05, 4.69) is 22.0 Å². The van der Waals surface area contributed by atoms with Crippen LogP contribution in [0.25, 0.3) is 0 Å². The molecule has 1 atom stereocenters. The molecule has 3 heteroatoms. The molecule has 0 amide bonds. The third-order valence-electron chi connectivity index (χ3n) is 3.36. The Morgan fingerprint density at radius 3 is 2.71 bits per heavy atom. The molecule has 0 aliphatic carbocycles. The lowest BCUT2D eigenvalue weighted by molar-refractivity contribution is 0.0438. The van der Waals surface area contributed by atoms with Crippen LogP contribution in [-0.2, 0) is 11.2 Å². The molecule has 0 radical (unpaired) electrons. The first-order chi connectivity index (χ1) is 8.25. The molecule has 1 aromatic carbocycles. The third kappa shape index (κ3) is 4.09. The molecule has 0 spiro atoms. The monoisotopic (exact) mass is 298 g/mol. The van der Waals surface area contributed by atoms with E-state index >= 15 is 0 Å². The minimum atomic E-state index is -0.239.